The molecule has 0 atom stereocenters. The molecule has 1 aliphatic rings. The van der Waals surface area contributed by atoms with Crippen molar-refractivity contribution < 1.29 is 14.3 Å². The van der Waals surface area contributed by atoms with E-state index in [1.807, 2.05) is 30.3 Å². The van der Waals surface area contributed by atoms with E-state index in [2.05, 4.69) is 21.2 Å². The van der Waals surface area contributed by atoms with Crippen molar-refractivity contribution in [3.8, 4) is 11.3 Å². The van der Waals surface area contributed by atoms with Crippen molar-refractivity contribution >= 4 is 11.8 Å². The Labute approximate surface area is 138 Å². The third-order valence-corrected chi connectivity index (χ3v) is 4.12. The number of rotatable bonds is 3. The van der Waals surface area contributed by atoms with Crippen LogP contribution >= 0.6 is 0 Å². The van der Waals surface area contributed by atoms with Gasteiger partial charge in [0.1, 0.15) is 11.5 Å². The van der Waals surface area contributed by atoms with E-state index in [0.29, 0.717) is 12.4 Å². The number of fused-ring (bicyclic) bond motifs is 1. The van der Waals surface area contributed by atoms with Crippen molar-refractivity contribution in [3.63, 3.8) is 0 Å². The zero-order valence-electron chi connectivity index (χ0n) is 12.8. The first-order valence-electron chi connectivity index (χ1n) is 7.70. The first-order chi connectivity index (χ1) is 11.7. The minimum atomic E-state index is -1.07. The van der Waals surface area contributed by atoms with E-state index < -0.39 is 5.97 Å². The molecule has 0 amide bonds. The lowest BCUT2D eigenvalue weighted by atomic mass is 10.1. The summed E-state index contributed by atoms with van der Waals surface area (Å²) in [6.07, 6.45) is 0.782. The number of furan rings is 1. The van der Waals surface area contributed by atoms with Gasteiger partial charge in [0.25, 0.3) is 0 Å². The van der Waals surface area contributed by atoms with Crippen LogP contribution in [-0.4, -0.2) is 27.8 Å². The van der Waals surface area contributed by atoms with Gasteiger partial charge in [-0.3, -0.25) is 0 Å². The molecule has 0 spiro atoms. The van der Waals surface area contributed by atoms with Crippen LogP contribution in [0.3, 0.4) is 0 Å². The number of aromatic nitrogens is 2. The quantitative estimate of drug-likeness (QED) is 0.799. The highest BCUT2D eigenvalue weighted by molar-refractivity contribution is 5.85. The van der Waals surface area contributed by atoms with Gasteiger partial charge in [-0.15, -0.1) is 10.2 Å². The molecule has 3 aromatic rings. The predicted octanol–water partition coefficient (Wildman–Crippen LogP) is 3.00. The lowest BCUT2D eigenvalue weighted by Crippen LogP contribution is -2.30. The van der Waals surface area contributed by atoms with Gasteiger partial charge >= 0.3 is 5.97 Å². The molecule has 6 nitrogen and oxygen atoms in total. The van der Waals surface area contributed by atoms with Gasteiger partial charge in [-0.2, -0.15) is 0 Å². The molecule has 1 N–H and O–H groups in total. The molecule has 0 radical (unpaired) electrons. The van der Waals surface area contributed by atoms with E-state index in [9.17, 15) is 4.79 Å². The molecule has 0 bridgehead atoms. The molecular weight excluding hydrogens is 306 g/mol. The van der Waals surface area contributed by atoms with Crippen LogP contribution in [0.2, 0.25) is 0 Å². The number of anilines is 1. The molecule has 0 saturated carbocycles. The fourth-order valence-electron chi connectivity index (χ4n) is 2.88. The third-order valence-electron chi connectivity index (χ3n) is 4.12. The highest BCUT2D eigenvalue weighted by atomic mass is 16.4. The van der Waals surface area contributed by atoms with Gasteiger partial charge in [-0.25, -0.2) is 4.79 Å². The first kappa shape index (κ1) is 14.4. The van der Waals surface area contributed by atoms with Gasteiger partial charge in [0.15, 0.2) is 11.5 Å². The van der Waals surface area contributed by atoms with Crippen molar-refractivity contribution in [1.29, 1.82) is 0 Å². The number of hydrogen-bond donors (Lipinski definition) is 1. The smallest absolute Gasteiger partial charge is 0.356 e. The average Bonchev–Trinajstić information content (AvgIpc) is 3.06. The Morgan fingerprint density at radius 3 is 2.67 bits per heavy atom. The van der Waals surface area contributed by atoms with Gasteiger partial charge < -0.3 is 14.4 Å². The number of nitrogens with zero attached hydrogens (tertiary/aromatic N) is 3. The molecule has 24 heavy (non-hydrogen) atoms. The lowest BCUT2D eigenvalue weighted by Gasteiger charge is -2.26. The van der Waals surface area contributed by atoms with E-state index >= 15 is 0 Å². The zero-order valence-corrected chi connectivity index (χ0v) is 12.8. The highest BCUT2D eigenvalue weighted by Gasteiger charge is 2.22. The predicted molar refractivity (Wildman–Crippen MR) is 87.9 cm³/mol. The van der Waals surface area contributed by atoms with Crippen molar-refractivity contribution in [2.75, 3.05) is 11.4 Å². The monoisotopic (exact) mass is 321 g/mol. The number of hydrogen-bond acceptors (Lipinski definition) is 5. The second kappa shape index (κ2) is 5.81. The maximum atomic E-state index is 10.9. The van der Waals surface area contributed by atoms with Crippen LogP contribution in [0.4, 0.5) is 5.82 Å². The van der Waals surface area contributed by atoms with Crippen molar-refractivity contribution in [3.05, 3.63) is 65.5 Å². The van der Waals surface area contributed by atoms with Gasteiger partial charge in [-0.1, -0.05) is 30.3 Å². The van der Waals surface area contributed by atoms with Crippen LogP contribution in [0.1, 0.15) is 21.8 Å². The summed E-state index contributed by atoms with van der Waals surface area (Å²) >= 11 is 0. The maximum absolute atomic E-state index is 10.9. The molecule has 120 valence electrons. The number of carbonyl (C=O) groups is 1. The Bertz CT molecular complexity index is 872. The van der Waals surface area contributed by atoms with Crippen LogP contribution in [0.5, 0.6) is 0 Å². The Morgan fingerprint density at radius 2 is 1.96 bits per heavy atom. The van der Waals surface area contributed by atoms with Crippen molar-refractivity contribution in [2.24, 2.45) is 0 Å². The fraction of sp³-hybridized carbons (Fsp3) is 0.167. The van der Waals surface area contributed by atoms with Gasteiger partial charge in [-0.05, 0) is 18.2 Å². The summed E-state index contributed by atoms with van der Waals surface area (Å²) in [5.74, 6) is 1.47. The van der Waals surface area contributed by atoms with E-state index in [-0.39, 0.29) is 5.69 Å². The van der Waals surface area contributed by atoms with E-state index in [1.165, 1.54) is 6.07 Å². The number of benzene rings is 1. The van der Waals surface area contributed by atoms with Crippen LogP contribution in [0.15, 0.2) is 52.9 Å². The topological polar surface area (TPSA) is 79.5 Å². The molecule has 6 heteroatoms. The SMILES string of the molecule is O=C(O)c1ccc(N2CCc3oc(-c4ccccc4)cc3C2)nn1. The molecule has 2 aromatic heterocycles. The molecule has 1 aliphatic heterocycles. The third kappa shape index (κ3) is 2.62. The molecule has 0 saturated heterocycles. The Morgan fingerprint density at radius 1 is 1.12 bits per heavy atom. The highest BCUT2D eigenvalue weighted by Crippen LogP contribution is 2.30. The summed E-state index contributed by atoms with van der Waals surface area (Å²) in [7, 11) is 0. The van der Waals surface area contributed by atoms with Gasteiger partial charge in [0, 0.05) is 30.6 Å². The van der Waals surface area contributed by atoms with E-state index in [4.69, 9.17) is 9.52 Å². The molecule has 1 aromatic carbocycles. The largest absolute Gasteiger partial charge is 0.476 e. The Hall–Kier alpha value is -3.15. The van der Waals surface area contributed by atoms with Gasteiger partial charge in [0.05, 0.1) is 0 Å². The molecule has 0 unspecified atom stereocenters. The minimum absolute atomic E-state index is 0.0499. The van der Waals surface area contributed by atoms with Gasteiger partial charge in [0.2, 0.25) is 0 Å². The van der Waals surface area contributed by atoms with E-state index in [1.54, 1.807) is 6.07 Å². The molecule has 0 aliphatic carbocycles. The van der Waals surface area contributed by atoms with Crippen molar-refractivity contribution in [2.45, 2.75) is 13.0 Å². The zero-order chi connectivity index (χ0) is 16.5. The lowest BCUT2D eigenvalue weighted by molar-refractivity contribution is 0.0689. The number of carboxylic acid groups (broad SMARTS) is 1. The second-order valence-electron chi connectivity index (χ2n) is 5.68. The number of aromatic carboxylic acids is 1. The van der Waals surface area contributed by atoms with Crippen LogP contribution in [-0.2, 0) is 13.0 Å². The van der Waals surface area contributed by atoms with Crippen molar-refractivity contribution in [1.82, 2.24) is 10.2 Å². The van der Waals surface area contributed by atoms with Crippen LogP contribution in [0.25, 0.3) is 11.3 Å². The van der Waals surface area contributed by atoms with Crippen LogP contribution in [0, 0.1) is 0 Å². The molecule has 0 fully saturated rings. The Kier molecular flexibility index (Phi) is 3.49. The first-order valence-corrected chi connectivity index (χ1v) is 7.70. The standard InChI is InChI=1S/C18H15N3O3/c22-18(23)14-6-7-17(20-19-14)21-9-8-15-13(11-21)10-16(24-15)12-4-2-1-3-5-12/h1-7,10H,8-9,11H2,(H,22,23). The molecule has 3 heterocycles. The summed E-state index contributed by atoms with van der Waals surface area (Å²) in [6, 6.07) is 15.2. The van der Waals surface area contributed by atoms with Crippen LogP contribution < -0.4 is 4.90 Å². The fourth-order valence-corrected chi connectivity index (χ4v) is 2.88. The molecule has 4 rings (SSSR count). The maximum Gasteiger partial charge on any atom is 0.356 e. The summed E-state index contributed by atoms with van der Waals surface area (Å²) in [4.78, 5) is 12.9. The van der Waals surface area contributed by atoms with E-state index in [0.717, 1.165) is 35.6 Å². The summed E-state index contributed by atoms with van der Waals surface area (Å²) < 4.78 is 5.99. The normalized spacial score (nSPS) is 13.6. The Balaban J connectivity index is 1.57. The molecular formula is C18H15N3O3. The average molecular weight is 321 g/mol. The second-order valence-corrected chi connectivity index (χ2v) is 5.68. The number of carboxylic acids is 1. The summed E-state index contributed by atoms with van der Waals surface area (Å²) in [6.45, 7) is 1.43. The minimum Gasteiger partial charge on any atom is -0.476 e. The summed E-state index contributed by atoms with van der Waals surface area (Å²) in [5.41, 5.74) is 2.14. The summed E-state index contributed by atoms with van der Waals surface area (Å²) in [5, 5.41) is 16.7.